The molecular formula is C12H17N5O. The number of nitrogens with zero attached hydrogens (tertiary/aromatic N) is 4. The van der Waals surface area contributed by atoms with Gasteiger partial charge in [-0.15, -0.1) is 0 Å². The van der Waals surface area contributed by atoms with Gasteiger partial charge in [0.2, 0.25) is 11.7 Å². The highest BCUT2D eigenvalue weighted by atomic mass is 16.5. The van der Waals surface area contributed by atoms with Gasteiger partial charge >= 0.3 is 0 Å². The maximum absolute atomic E-state index is 5.40. The van der Waals surface area contributed by atoms with Crippen molar-refractivity contribution in [1.29, 1.82) is 0 Å². The molecule has 0 aliphatic carbocycles. The van der Waals surface area contributed by atoms with Crippen LogP contribution in [0.4, 0.5) is 0 Å². The number of aryl methyl sites for hydroxylation is 1. The smallest absolute Gasteiger partial charge is 0.230 e. The maximum Gasteiger partial charge on any atom is 0.230 e. The SMILES string of the molecule is CC1CC(c2nc(-c3cncn3C)no2)CCN1. The second-order valence-corrected chi connectivity index (χ2v) is 4.92. The molecule has 96 valence electrons. The van der Waals surface area contributed by atoms with E-state index in [1.165, 1.54) is 0 Å². The first-order valence-electron chi connectivity index (χ1n) is 6.27. The first-order chi connectivity index (χ1) is 8.74. The highest BCUT2D eigenvalue weighted by Crippen LogP contribution is 2.27. The Balaban J connectivity index is 1.83. The lowest BCUT2D eigenvalue weighted by atomic mass is 9.93. The molecule has 0 radical (unpaired) electrons. The highest BCUT2D eigenvalue weighted by molar-refractivity contribution is 5.47. The van der Waals surface area contributed by atoms with Crippen LogP contribution in [0.5, 0.6) is 0 Å². The summed E-state index contributed by atoms with van der Waals surface area (Å²) in [4.78, 5) is 8.57. The minimum absolute atomic E-state index is 0.371. The normalized spacial score (nSPS) is 24.3. The van der Waals surface area contributed by atoms with E-state index in [1.54, 1.807) is 12.5 Å². The van der Waals surface area contributed by atoms with Crippen LogP contribution in [0.25, 0.3) is 11.5 Å². The second kappa shape index (κ2) is 4.53. The van der Waals surface area contributed by atoms with Crippen molar-refractivity contribution >= 4 is 0 Å². The van der Waals surface area contributed by atoms with E-state index < -0.39 is 0 Å². The lowest BCUT2D eigenvalue weighted by Crippen LogP contribution is -2.34. The van der Waals surface area contributed by atoms with Gasteiger partial charge in [-0.3, -0.25) is 0 Å². The third-order valence-corrected chi connectivity index (χ3v) is 3.46. The van der Waals surface area contributed by atoms with Gasteiger partial charge in [0.25, 0.3) is 0 Å². The summed E-state index contributed by atoms with van der Waals surface area (Å²) in [6.45, 7) is 3.19. The Morgan fingerprint density at radius 1 is 1.50 bits per heavy atom. The van der Waals surface area contributed by atoms with Crippen molar-refractivity contribution in [3.8, 4) is 11.5 Å². The molecule has 1 fully saturated rings. The minimum Gasteiger partial charge on any atom is -0.339 e. The van der Waals surface area contributed by atoms with Gasteiger partial charge in [-0.1, -0.05) is 5.16 Å². The van der Waals surface area contributed by atoms with Gasteiger partial charge in [-0.25, -0.2) is 4.98 Å². The van der Waals surface area contributed by atoms with E-state index in [0.29, 0.717) is 17.8 Å². The van der Waals surface area contributed by atoms with Crippen LogP contribution in [0.15, 0.2) is 17.0 Å². The number of hydrogen-bond donors (Lipinski definition) is 1. The number of rotatable bonds is 2. The van der Waals surface area contributed by atoms with Gasteiger partial charge in [-0.2, -0.15) is 4.98 Å². The fourth-order valence-corrected chi connectivity index (χ4v) is 2.43. The first kappa shape index (κ1) is 11.4. The molecule has 2 aromatic heterocycles. The standard InChI is InChI=1S/C12H17N5O/c1-8-5-9(3-4-14-8)12-15-11(16-18-12)10-6-13-7-17(10)2/h6-9,14H,3-5H2,1-2H3. The summed E-state index contributed by atoms with van der Waals surface area (Å²) in [6, 6.07) is 0.510. The molecule has 0 saturated carbocycles. The minimum atomic E-state index is 0.371. The summed E-state index contributed by atoms with van der Waals surface area (Å²) in [5.41, 5.74) is 0.881. The van der Waals surface area contributed by atoms with Crippen LogP contribution in [0, 0.1) is 0 Å². The molecule has 6 heteroatoms. The summed E-state index contributed by atoms with van der Waals surface area (Å²) in [5, 5.41) is 7.47. The molecule has 1 N–H and O–H groups in total. The third kappa shape index (κ3) is 2.03. The number of nitrogens with one attached hydrogen (secondary N) is 1. The Labute approximate surface area is 105 Å². The van der Waals surface area contributed by atoms with E-state index in [-0.39, 0.29) is 0 Å². The average Bonchev–Trinajstić information content (AvgIpc) is 2.97. The average molecular weight is 247 g/mol. The highest BCUT2D eigenvalue weighted by Gasteiger charge is 2.25. The molecule has 0 bridgehead atoms. The van der Waals surface area contributed by atoms with E-state index >= 15 is 0 Å². The van der Waals surface area contributed by atoms with Crippen LogP contribution in [-0.2, 0) is 7.05 Å². The molecule has 6 nitrogen and oxygen atoms in total. The third-order valence-electron chi connectivity index (χ3n) is 3.46. The van der Waals surface area contributed by atoms with Crippen molar-refractivity contribution in [2.75, 3.05) is 6.54 Å². The van der Waals surface area contributed by atoms with E-state index in [9.17, 15) is 0 Å². The molecule has 1 aliphatic heterocycles. The summed E-state index contributed by atoms with van der Waals surface area (Å²) in [7, 11) is 1.92. The fraction of sp³-hybridized carbons (Fsp3) is 0.583. The predicted molar refractivity (Wildman–Crippen MR) is 65.9 cm³/mol. The Hall–Kier alpha value is -1.69. The lowest BCUT2D eigenvalue weighted by Gasteiger charge is -2.25. The molecule has 2 unspecified atom stereocenters. The van der Waals surface area contributed by atoms with Gasteiger partial charge in [-0.05, 0) is 26.3 Å². The molecule has 0 amide bonds. The van der Waals surface area contributed by atoms with Gasteiger partial charge in [0.1, 0.15) is 5.69 Å². The van der Waals surface area contributed by atoms with Gasteiger partial charge in [0.15, 0.2) is 0 Å². The summed E-state index contributed by atoms with van der Waals surface area (Å²) in [6.07, 6.45) is 5.59. The van der Waals surface area contributed by atoms with Crippen LogP contribution in [0.1, 0.15) is 31.6 Å². The summed E-state index contributed by atoms with van der Waals surface area (Å²) in [5.74, 6) is 1.74. The van der Waals surface area contributed by atoms with Crippen molar-refractivity contribution in [2.45, 2.75) is 31.7 Å². The fourth-order valence-electron chi connectivity index (χ4n) is 2.43. The molecule has 3 rings (SSSR count). The van der Waals surface area contributed by atoms with E-state index in [0.717, 1.165) is 31.0 Å². The number of imidazole rings is 1. The van der Waals surface area contributed by atoms with Crippen LogP contribution >= 0.6 is 0 Å². The van der Waals surface area contributed by atoms with Gasteiger partial charge in [0, 0.05) is 19.0 Å². The Bertz CT molecular complexity index is 532. The Morgan fingerprint density at radius 2 is 2.39 bits per heavy atom. The molecule has 1 saturated heterocycles. The number of piperidine rings is 1. The van der Waals surface area contributed by atoms with Crippen molar-refractivity contribution in [3.05, 3.63) is 18.4 Å². The predicted octanol–water partition coefficient (Wildman–Crippen LogP) is 1.33. The molecular weight excluding hydrogens is 230 g/mol. The molecule has 1 aliphatic rings. The monoisotopic (exact) mass is 247 g/mol. The van der Waals surface area contributed by atoms with E-state index in [4.69, 9.17) is 4.52 Å². The molecule has 2 aromatic rings. The zero-order chi connectivity index (χ0) is 12.5. The second-order valence-electron chi connectivity index (χ2n) is 4.92. The topological polar surface area (TPSA) is 68.8 Å². The summed E-state index contributed by atoms with van der Waals surface area (Å²) < 4.78 is 7.29. The zero-order valence-corrected chi connectivity index (χ0v) is 10.6. The van der Waals surface area contributed by atoms with Crippen LogP contribution in [0.3, 0.4) is 0 Å². The zero-order valence-electron chi connectivity index (χ0n) is 10.6. The van der Waals surface area contributed by atoms with Crippen LogP contribution in [-0.4, -0.2) is 32.3 Å². The van der Waals surface area contributed by atoms with Crippen molar-refractivity contribution in [1.82, 2.24) is 25.0 Å². The van der Waals surface area contributed by atoms with E-state index in [2.05, 4.69) is 27.4 Å². The molecule has 3 heterocycles. The van der Waals surface area contributed by atoms with Crippen LogP contribution < -0.4 is 5.32 Å². The maximum atomic E-state index is 5.40. The molecule has 18 heavy (non-hydrogen) atoms. The van der Waals surface area contributed by atoms with Gasteiger partial charge in [0.05, 0.1) is 12.5 Å². The molecule has 0 aromatic carbocycles. The van der Waals surface area contributed by atoms with E-state index in [1.807, 2.05) is 11.6 Å². The molecule has 0 spiro atoms. The van der Waals surface area contributed by atoms with Crippen LogP contribution in [0.2, 0.25) is 0 Å². The lowest BCUT2D eigenvalue weighted by molar-refractivity contribution is 0.295. The molecule has 2 atom stereocenters. The van der Waals surface area contributed by atoms with Crippen molar-refractivity contribution in [2.24, 2.45) is 7.05 Å². The van der Waals surface area contributed by atoms with Crippen molar-refractivity contribution < 1.29 is 4.52 Å². The Morgan fingerprint density at radius 3 is 3.11 bits per heavy atom. The van der Waals surface area contributed by atoms with Crippen molar-refractivity contribution in [3.63, 3.8) is 0 Å². The number of aromatic nitrogens is 4. The largest absolute Gasteiger partial charge is 0.339 e. The number of hydrogen-bond acceptors (Lipinski definition) is 5. The Kier molecular flexibility index (Phi) is 2.87. The van der Waals surface area contributed by atoms with Gasteiger partial charge < -0.3 is 14.4 Å². The summed E-state index contributed by atoms with van der Waals surface area (Å²) >= 11 is 0. The quantitative estimate of drug-likeness (QED) is 0.867. The first-order valence-corrected chi connectivity index (χ1v) is 6.27.